The first-order valence-corrected chi connectivity index (χ1v) is 6.36. The molecule has 0 radical (unpaired) electrons. The van der Waals surface area contributed by atoms with Crippen molar-refractivity contribution in [2.75, 3.05) is 0 Å². The van der Waals surface area contributed by atoms with Crippen molar-refractivity contribution < 1.29 is 4.79 Å². The lowest BCUT2D eigenvalue weighted by atomic mass is 10.2. The minimum absolute atomic E-state index is 0.238. The molecule has 0 spiro atoms. The summed E-state index contributed by atoms with van der Waals surface area (Å²) in [4.78, 5) is 16.5. The number of rotatable bonds is 1. The van der Waals surface area contributed by atoms with Crippen LogP contribution < -0.4 is 4.80 Å². The van der Waals surface area contributed by atoms with Crippen LogP contribution in [0.1, 0.15) is 10.4 Å². The van der Waals surface area contributed by atoms with Crippen molar-refractivity contribution in [3.05, 3.63) is 50.2 Å². The number of carbonyl (C=O) groups is 1. The maximum atomic E-state index is 11.9. The maximum absolute atomic E-state index is 11.9. The summed E-state index contributed by atoms with van der Waals surface area (Å²) >= 11 is 13.2. The minimum Gasteiger partial charge on any atom is -0.327 e. The van der Waals surface area contributed by atoms with E-state index in [0.717, 1.165) is 0 Å². The molecule has 1 amide bonds. The van der Waals surface area contributed by atoms with E-state index in [1.807, 2.05) is 18.6 Å². The topological polar surface area (TPSA) is 34.4 Å². The van der Waals surface area contributed by atoms with E-state index < -0.39 is 5.91 Å². The largest absolute Gasteiger partial charge is 0.327 e. The Labute approximate surface area is 112 Å². The van der Waals surface area contributed by atoms with E-state index in [1.54, 1.807) is 22.8 Å². The molecule has 88 valence electrons. The van der Waals surface area contributed by atoms with Gasteiger partial charge in [-0.25, -0.2) is 0 Å². The summed E-state index contributed by atoms with van der Waals surface area (Å²) in [5.74, 6) is -0.393. The maximum Gasteiger partial charge on any atom is 0.281 e. The molecule has 2 rings (SSSR count). The Bertz CT molecular complexity index is 630. The normalized spacial score (nSPS) is 11.8. The van der Waals surface area contributed by atoms with Gasteiger partial charge in [0.2, 0.25) is 0 Å². The molecule has 0 unspecified atom stereocenters. The van der Waals surface area contributed by atoms with Gasteiger partial charge in [0.15, 0.2) is 4.80 Å². The molecule has 0 saturated carbocycles. The lowest BCUT2D eigenvalue weighted by Crippen LogP contribution is -2.12. The van der Waals surface area contributed by atoms with Crippen LogP contribution in [-0.2, 0) is 7.05 Å². The van der Waals surface area contributed by atoms with Crippen LogP contribution in [0, 0.1) is 0 Å². The molecule has 0 saturated heterocycles. The molecule has 6 heteroatoms. The van der Waals surface area contributed by atoms with Crippen LogP contribution >= 0.6 is 34.5 Å². The standard InChI is InChI=1S/C11H8Cl2N2OS/c1-15-5-6-17-11(15)14-10(16)7-3-2-4-8(12)9(7)13/h2-6H,1H3. The van der Waals surface area contributed by atoms with Crippen LogP contribution in [0.5, 0.6) is 0 Å². The number of benzene rings is 1. The van der Waals surface area contributed by atoms with Crippen molar-refractivity contribution in [2.45, 2.75) is 0 Å². The summed E-state index contributed by atoms with van der Waals surface area (Å²) in [6.07, 6.45) is 1.83. The highest BCUT2D eigenvalue weighted by molar-refractivity contribution is 7.07. The molecule has 0 aliphatic carbocycles. The quantitative estimate of drug-likeness (QED) is 0.793. The summed E-state index contributed by atoms with van der Waals surface area (Å²) in [5.41, 5.74) is 0.313. The monoisotopic (exact) mass is 286 g/mol. The van der Waals surface area contributed by atoms with Gasteiger partial charge in [0, 0.05) is 18.6 Å². The lowest BCUT2D eigenvalue weighted by Gasteiger charge is -2.00. The Morgan fingerprint density at radius 2 is 2.18 bits per heavy atom. The fourth-order valence-corrected chi connectivity index (χ4v) is 2.36. The number of hydrogen-bond donors (Lipinski definition) is 0. The van der Waals surface area contributed by atoms with Crippen molar-refractivity contribution in [1.29, 1.82) is 0 Å². The molecule has 2 aromatic rings. The molecule has 0 atom stereocenters. The van der Waals surface area contributed by atoms with Crippen molar-refractivity contribution in [2.24, 2.45) is 12.0 Å². The van der Waals surface area contributed by atoms with E-state index >= 15 is 0 Å². The predicted octanol–water partition coefficient (Wildman–Crippen LogP) is 3.13. The van der Waals surface area contributed by atoms with Crippen molar-refractivity contribution >= 4 is 40.4 Å². The molecular weight excluding hydrogens is 279 g/mol. The predicted molar refractivity (Wildman–Crippen MR) is 69.6 cm³/mol. The van der Waals surface area contributed by atoms with Gasteiger partial charge in [0.25, 0.3) is 5.91 Å². The zero-order valence-corrected chi connectivity index (χ0v) is 11.2. The van der Waals surface area contributed by atoms with Crippen LogP contribution in [-0.4, -0.2) is 10.5 Å². The SMILES string of the molecule is Cn1ccsc1=NC(=O)c1cccc(Cl)c1Cl. The first-order chi connectivity index (χ1) is 8.09. The number of aryl methyl sites for hydroxylation is 1. The molecule has 1 aromatic heterocycles. The van der Waals surface area contributed by atoms with Gasteiger partial charge in [0.1, 0.15) is 0 Å². The van der Waals surface area contributed by atoms with Crippen molar-refractivity contribution in [1.82, 2.24) is 4.57 Å². The molecular formula is C11H8Cl2N2OS. The van der Waals surface area contributed by atoms with Gasteiger partial charge in [0.05, 0.1) is 15.6 Å². The number of hydrogen-bond acceptors (Lipinski definition) is 2. The number of nitrogens with zero attached hydrogens (tertiary/aromatic N) is 2. The van der Waals surface area contributed by atoms with Gasteiger partial charge in [-0.05, 0) is 12.1 Å². The van der Waals surface area contributed by atoms with Crippen LogP contribution in [0.15, 0.2) is 34.8 Å². The van der Waals surface area contributed by atoms with Crippen LogP contribution in [0.3, 0.4) is 0 Å². The van der Waals surface area contributed by atoms with Crippen LogP contribution in [0.25, 0.3) is 0 Å². The second-order valence-electron chi connectivity index (χ2n) is 3.31. The fourth-order valence-electron chi connectivity index (χ4n) is 1.25. The van der Waals surface area contributed by atoms with E-state index in [9.17, 15) is 4.79 Å². The van der Waals surface area contributed by atoms with E-state index in [-0.39, 0.29) is 5.02 Å². The average molecular weight is 287 g/mol. The van der Waals surface area contributed by atoms with Gasteiger partial charge in [-0.1, -0.05) is 29.3 Å². The van der Waals surface area contributed by atoms with Gasteiger partial charge >= 0.3 is 0 Å². The van der Waals surface area contributed by atoms with Crippen molar-refractivity contribution in [3.63, 3.8) is 0 Å². The molecule has 17 heavy (non-hydrogen) atoms. The van der Waals surface area contributed by atoms with E-state index in [1.165, 1.54) is 11.3 Å². The van der Waals surface area contributed by atoms with Gasteiger partial charge in [-0.2, -0.15) is 4.99 Å². The third kappa shape index (κ3) is 2.60. The molecule has 0 N–H and O–H groups in total. The van der Waals surface area contributed by atoms with Gasteiger partial charge in [-0.3, -0.25) is 4.79 Å². The van der Waals surface area contributed by atoms with E-state index in [4.69, 9.17) is 23.2 Å². The Kier molecular flexibility index (Phi) is 3.66. The summed E-state index contributed by atoms with van der Waals surface area (Å²) in [6.45, 7) is 0. The molecule has 3 nitrogen and oxygen atoms in total. The smallest absolute Gasteiger partial charge is 0.281 e. The first kappa shape index (κ1) is 12.4. The second-order valence-corrected chi connectivity index (χ2v) is 4.97. The molecule has 0 aliphatic rings. The molecule has 0 fully saturated rings. The summed E-state index contributed by atoms with van der Waals surface area (Å²) < 4.78 is 1.76. The fraction of sp³-hybridized carbons (Fsp3) is 0.0909. The summed E-state index contributed by atoms with van der Waals surface area (Å²) in [7, 11) is 1.82. The van der Waals surface area contributed by atoms with Gasteiger partial charge in [-0.15, -0.1) is 11.3 Å². The third-order valence-electron chi connectivity index (χ3n) is 2.14. The number of carbonyl (C=O) groups excluding carboxylic acids is 1. The Hall–Kier alpha value is -1.10. The van der Waals surface area contributed by atoms with Crippen LogP contribution in [0.2, 0.25) is 10.0 Å². The molecule has 1 heterocycles. The second kappa shape index (κ2) is 5.04. The molecule has 0 aliphatic heterocycles. The highest BCUT2D eigenvalue weighted by atomic mass is 35.5. The zero-order chi connectivity index (χ0) is 12.4. The lowest BCUT2D eigenvalue weighted by molar-refractivity contribution is 0.0998. The Balaban J connectivity index is 2.46. The zero-order valence-electron chi connectivity index (χ0n) is 8.85. The number of thiazole rings is 1. The highest BCUT2D eigenvalue weighted by Crippen LogP contribution is 2.25. The Morgan fingerprint density at radius 3 is 2.82 bits per heavy atom. The average Bonchev–Trinajstić information content (AvgIpc) is 2.68. The summed E-state index contributed by atoms with van der Waals surface area (Å²) in [5, 5.41) is 2.44. The number of aromatic nitrogens is 1. The van der Waals surface area contributed by atoms with E-state index in [0.29, 0.717) is 15.4 Å². The first-order valence-electron chi connectivity index (χ1n) is 4.73. The van der Waals surface area contributed by atoms with Gasteiger partial charge < -0.3 is 4.57 Å². The van der Waals surface area contributed by atoms with Crippen LogP contribution in [0.4, 0.5) is 0 Å². The number of halogens is 2. The summed E-state index contributed by atoms with van der Waals surface area (Å²) in [6, 6.07) is 4.91. The minimum atomic E-state index is -0.393. The highest BCUT2D eigenvalue weighted by Gasteiger charge is 2.11. The third-order valence-corrected chi connectivity index (χ3v) is 3.81. The van der Waals surface area contributed by atoms with E-state index in [2.05, 4.69) is 4.99 Å². The number of amides is 1. The Morgan fingerprint density at radius 1 is 1.41 bits per heavy atom. The van der Waals surface area contributed by atoms with Crippen molar-refractivity contribution in [3.8, 4) is 0 Å². The molecule has 1 aromatic carbocycles. The molecule has 0 bridgehead atoms.